The first-order valence-corrected chi connectivity index (χ1v) is 26.3. The molecule has 0 spiro atoms. The summed E-state index contributed by atoms with van der Waals surface area (Å²) in [5.41, 5.74) is 6.54. The van der Waals surface area contributed by atoms with Crippen LogP contribution in [-0.4, -0.2) is 0 Å². The highest BCUT2D eigenvalue weighted by atomic mass is 16.6. The molecule has 0 saturated heterocycles. The second kappa shape index (κ2) is 22.8. The highest BCUT2D eigenvalue weighted by molar-refractivity contribution is 5.53. The van der Waals surface area contributed by atoms with Crippen LogP contribution in [0.25, 0.3) is 0 Å². The lowest BCUT2D eigenvalue weighted by atomic mass is 9.99. The second-order valence-electron chi connectivity index (χ2n) is 19.1. The molecule has 14 rings (SSSR count). The molecule has 0 fully saturated rings. The fourth-order valence-electron chi connectivity index (χ4n) is 9.61. The number of benzene rings is 10. The summed E-state index contributed by atoms with van der Waals surface area (Å²) in [5.74, 6) is 8.07. The van der Waals surface area contributed by atoms with Crippen molar-refractivity contribution in [1.29, 1.82) is 0 Å². The molecule has 10 aromatic rings. The summed E-state index contributed by atoms with van der Waals surface area (Å²) in [5, 5.41) is 0. The average molecular weight is 1060 g/mol. The minimum atomic E-state index is 0.115. The van der Waals surface area contributed by atoms with Crippen molar-refractivity contribution in [3.8, 4) is 92.0 Å². The standard InChI is InChI=1S/C68H52O12/c1-9-25-61-53(17-1)69-37-45-33-47-39-72-56-20-4-12-28-64(56)79-67-31-15-7-23-59(67)74-42-50-36-52-44-76-60-24-8-16-32-68(60)80-65-29-13-5-21-57(65)73-41-48(47)34-46(45)38-71-55-19-3-11-27-63(55)78-66-30-14-6-22-58(66)75-43-51(52)35-49(50)40-70-54-18-2-10-26-62(54)77-61/h1-36H,37-44H2. The zero-order valence-corrected chi connectivity index (χ0v) is 43.3. The first-order valence-electron chi connectivity index (χ1n) is 26.3. The summed E-state index contributed by atoms with van der Waals surface area (Å²) in [7, 11) is 0. The molecular weight excluding hydrogens is 1010 g/mol. The van der Waals surface area contributed by atoms with Gasteiger partial charge in [0.2, 0.25) is 0 Å². The van der Waals surface area contributed by atoms with Gasteiger partial charge in [-0.25, -0.2) is 0 Å². The summed E-state index contributed by atoms with van der Waals surface area (Å²) in [6.45, 7) is 0.920. The first kappa shape index (κ1) is 49.4. The van der Waals surface area contributed by atoms with Gasteiger partial charge in [0.25, 0.3) is 0 Å². The Bertz CT molecular complexity index is 3120. The van der Waals surface area contributed by atoms with Crippen LogP contribution < -0.4 is 56.8 Å². The predicted octanol–water partition coefficient (Wildman–Crippen LogP) is 16.4. The van der Waals surface area contributed by atoms with Crippen molar-refractivity contribution in [2.24, 2.45) is 0 Å². The van der Waals surface area contributed by atoms with Crippen molar-refractivity contribution < 1.29 is 56.8 Å². The van der Waals surface area contributed by atoms with Gasteiger partial charge >= 0.3 is 0 Å². The maximum atomic E-state index is 6.81. The van der Waals surface area contributed by atoms with Gasteiger partial charge in [0.05, 0.1) is 0 Å². The van der Waals surface area contributed by atoms with Gasteiger partial charge < -0.3 is 56.8 Å². The Morgan fingerprint density at radius 2 is 0.263 bits per heavy atom. The quantitative estimate of drug-likeness (QED) is 0.144. The number of para-hydroxylation sites is 16. The van der Waals surface area contributed by atoms with Crippen LogP contribution in [0, 0.1) is 0 Å². The van der Waals surface area contributed by atoms with E-state index in [-0.39, 0.29) is 52.9 Å². The van der Waals surface area contributed by atoms with Crippen molar-refractivity contribution in [1.82, 2.24) is 0 Å². The highest BCUT2D eigenvalue weighted by Crippen LogP contribution is 2.43. The Balaban J connectivity index is 1.05. The third-order valence-corrected chi connectivity index (χ3v) is 13.8. The Morgan fingerprint density at radius 1 is 0.150 bits per heavy atom. The Hall–Kier alpha value is -10.2. The molecule has 12 heteroatoms. The number of fused-ring (bicyclic) bond motifs is 8. The van der Waals surface area contributed by atoms with Crippen LogP contribution in [0.3, 0.4) is 0 Å². The monoisotopic (exact) mass is 1060 g/mol. The fourth-order valence-corrected chi connectivity index (χ4v) is 9.61. The maximum Gasteiger partial charge on any atom is 0.169 e. The van der Waals surface area contributed by atoms with Crippen LogP contribution in [0.2, 0.25) is 0 Å². The van der Waals surface area contributed by atoms with Crippen LogP contribution in [0.5, 0.6) is 92.0 Å². The van der Waals surface area contributed by atoms with Gasteiger partial charge in [0.15, 0.2) is 92.0 Å². The van der Waals surface area contributed by atoms with Gasteiger partial charge in [-0.1, -0.05) is 97.1 Å². The van der Waals surface area contributed by atoms with Gasteiger partial charge in [-0.15, -0.1) is 0 Å². The molecule has 0 saturated carbocycles. The average Bonchev–Trinajstić information content (AvgIpc) is 3.50. The molecule has 10 aromatic carbocycles. The highest BCUT2D eigenvalue weighted by Gasteiger charge is 2.22. The zero-order chi connectivity index (χ0) is 53.5. The third-order valence-electron chi connectivity index (χ3n) is 13.8. The summed E-state index contributed by atoms with van der Waals surface area (Å²) in [6, 6.07) is 69.0. The molecule has 4 aliphatic rings. The number of ether oxygens (including phenoxy) is 12. The van der Waals surface area contributed by atoms with E-state index < -0.39 is 0 Å². The van der Waals surface area contributed by atoms with Crippen molar-refractivity contribution >= 4 is 0 Å². The lowest BCUT2D eigenvalue weighted by molar-refractivity contribution is 0.261. The molecule has 0 N–H and O–H groups in total. The van der Waals surface area contributed by atoms with Gasteiger partial charge in [-0.2, -0.15) is 0 Å². The van der Waals surface area contributed by atoms with E-state index in [1.807, 2.05) is 194 Å². The molecule has 4 heterocycles. The lowest BCUT2D eigenvalue weighted by Gasteiger charge is -2.21. The van der Waals surface area contributed by atoms with Gasteiger partial charge in [0, 0.05) is 0 Å². The van der Waals surface area contributed by atoms with E-state index in [1.165, 1.54) is 0 Å². The molecule has 0 amide bonds. The van der Waals surface area contributed by atoms with Crippen molar-refractivity contribution in [2.45, 2.75) is 52.9 Å². The van der Waals surface area contributed by atoms with Crippen LogP contribution in [0.15, 0.2) is 218 Å². The van der Waals surface area contributed by atoms with Gasteiger partial charge in [0.1, 0.15) is 52.9 Å². The molecule has 0 aromatic heterocycles. The van der Waals surface area contributed by atoms with Gasteiger partial charge in [-0.3, -0.25) is 0 Å². The van der Waals surface area contributed by atoms with E-state index in [9.17, 15) is 0 Å². The SMILES string of the molecule is c1ccc2c(c1)OCc1cc3c4cc1COc1ccccc1Oc1ccccc1OCc1cc(c(cc1COc1ccccc1Oc1ccccc1OC4)COc1ccccc1Oc1ccccc1OC3)COc1ccccc1O2. The molecule has 4 aliphatic heterocycles. The third kappa shape index (κ3) is 11.0. The number of hydrogen-bond acceptors (Lipinski definition) is 12. The van der Waals surface area contributed by atoms with Crippen LogP contribution >= 0.6 is 0 Å². The molecule has 0 atom stereocenters. The zero-order valence-electron chi connectivity index (χ0n) is 43.3. The van der Waals surface area contributed by atoms with E-state index in [0.717, 1.165) is 44.5 Å². The van der Waals surface area contributed by atoms with Gasteiger partial charge in [-0.05, 0) is 166 Å². The molecule has 8 bridgehead atoms. The van der Waals surface area contributed by atoms with Crippen molar-refractivity contribution in [3.05, 3.63) is 263 Å². The molecule has 12 nitrogen and oxygen atoms in total. The summed E-state index contributed by atoms with van der Waals surface area (Å²) < 4.78 is 81.4. The smallest absolute Gasteiger partial charge is 0.169 e. The topological polar surface area (TPSA) is 111 Å². The molecule has 0 aliphatic carbocycles. The van der Waals surface area contributed by atoms with E-state index in [0.29, 0.717) is 92.0 Å². The van der Waals surface area contributed by atoms with E-state index in [1.54, 1.807) is 0 Å². The molecule has 0 radical (unpaired) electrons. The minimum Gasteiger partial charge on any atom is -0.485 e. The second-order valence-corrected chi connectivity index (χ2v) is 19.1. The van der Waals surface area contributed by atoms with E-state index in [4.69, 9.17) is 56.8 Å². The minimum absolute atomic E-state index is 0.115. The normalized spacial score (nSPS) is 13.8. The summed E-state index contributed by atoms with van der Waals surface area (Å²) in [6.07, 6.45) is 0. The van der Waals surface area contributed by atoms with Crippen LogP contribution in [0.4, 0.5) is 0 Å². The fraction of sp³-hybridized carbons (Fsp3) is 0.118. The lowest BCUT2D eigenvalue weighted by Crippen LogP contribution is -2.11. The van der Waals surface area contributed by atoms with E-state index >= 15 is 0 Å². The van der Waals surface area contributed by atoms with E-state index in [2.05, 4.69) is 24.3 Å². The largest absolute Gasteiger partial charge is 0.485 e. The maximum absolute atomic E-state index is 6.81. The Morgan fingerprint density at radius 3 is 0.388 bits per heavy atom. The predicted molar refractivity (Wildman–Crippen MR) is 299 cm³/mol. The first-order chi connectivity index (χ1) is 39.6. The molecule has 396 valence electrons. The number of hydrogen-bond donors (Lipinski definition) is 0. The number of rotatable bonds is 0. The summed E-state index contributed by atoms with van der Waals surface area (Å²) in [4.78, 5) is 0. The van der Waals surface area contributed by atoms with Crippen LogP contribution in [0.1, 0.15) is 44.5 Å². The van der Waals surface area contributed by atoms with Crippen LogP contribution in [-0.2, 0) is 52.9 Å². The summed E-state index contributed by atoms with van der Waals surface area (Å²) >= 11 is 0. The molecule has 80 heavy (non-hydrogen) atoms. The molecule has 0 unspecified atom stereocenters. The molecular formula is C68H52O12. The van der Waals surface area contributed by atoms with Crippen molar-refractivity contribution in [2.75, 3.05) is 0 Å². The van der Waals surface area contributed by atoms with Crippen molar-refractivity contribution in [3.63, 3.8) is 0 Å². The Labute approximate surface area is 462 Å². The Kier molecular flexibility index (Phi) is 14.1.